The number of nitrogens with zero attached hydrogens (tertiary/aromatic N) is 1. The van der Waals surface area contributed by atoms with Crippen molar-refractivity contribution in [2.75, 3.05) is 18.8 Å². The first-order valence-corrected chi connectivity index (χ1v) is 12.0. The Kier molecular flexibility index (Phi) is 16.6. The highest BCUT2D eigenvalue weighted by atomic mass is 32.1. The Morgan fingerprint density at radius 1 is 0.806 bits per heavy atom. The predicted molar refractivity (Wildman–Crippen MR) is 135 cm³/mol. The molecule has 0 aromatic carbocycles. The highest BCUT2D eigenvalue weighted by Gasteiger charge is 2.30. The van der Waals surface area contributed by atoms with Crippen molar-refractivity contribution < 1.29 is 34.2 Å². The second-order valence-corrected chi connectivity index (χ2v) is 8.34. The van der Waals surface area contributed by atoms with Crippen LogP contribution in [0.3, 0.4) is 0 Å². The molecule has 0 heterocycles. The Morgan fingerprint density at radius 2 is 1.36 bits per heavy atom. The number of hydrogen-bond donors (Lipinski definition) is 10. The van der Waals surface area contributed by atoms with Crippen LogP contribution in [-0.4, -0.2) is 88.8 Å². The summed E-state index contributed by atoms with van der Waals surface area (Å²) >= 11 is 3.89. The van der Waals surface area contributed by atoms with Gasteiger partial charge in [-0.3, -0.25) is 24.2 Å². The number of nitrogens with two attached hydrogens (primary N) is 4. The predicted octanol–water partition coefficient (Wildman–Crippen LogP) is -3.17. The second kappa shape index (κ2) is 18.2. The summed E-state index contributed by atoms with van der Waals surface area (Å²) in [5, 5.41) is 25.4. The van der Waals surface area contributed by atoms with E-state index in [0.29, 0.717) is 25.8 Å². The molecule has 206 valence electrons. The number of rotatable bonds is 19. The number of aliphatic carboxylic acids is 2. The van der Waals surface area contributed by atoms with Crippen LogP contribution in [0.2, 0.25) is 0 Å². The summed E-state index contributed by atoms with van der Waals surface area (Å²) < 4.78 is 0. The van der Waals surface area contributed by atoms with E-state index >= 15 is 0 Å². The number of thiol groups is 1. The van der Waals surface area contributed by atoms with E-state index in [1.165, 1.54) is 0 Å². The van der Waals surface area contributed by atoms with Crippen LogP contribution in [0, 0.1) is 0 Å². The molecule has 0 aliphatic carbocycles. The lowest BCUT2D eigenvalue weighted by Crippen LogP contribution is -2.57. The fourth-order valence-electron chi connectivity index (χ4n) is 2.96. The van der Waals surface area contributed by atoms with Crippen LogP contribution in [0.15, 0.2) is 4.99 Å². The topological polar surface area (TPSA) is 278 Å². The van der Waals surface area contributed by atoms with Gasteiger partial charge in [0, 0.05) is 18.7 Å². The molecule has 0 saturated carbocycles. The molecular formula is C20H38N8O7S. The van der Waals surface area contributed by atoms with Crippen LogP contribution in [0.5, 0.6) is 0 Å². The molecule has 0 aliphatic rings. The molecular weight excluding hydrogens is 496 g/mol. The van der Waals surface area contributed by atoms with Crippen molar-refractivity contribution in [3.8, 4) is 0 Å². The van der Waals surface area contributed by atoms with Gasteiger partial charge in [-0.2, -0.15) is 12.6 Å². The summed E-state index contributed by atoms with van der Waals surface area (Å²) in [7, 11) is 0. The number of aliphatic imine (C=N–C) groups is 1. The van der Waals surface area contributed by atoms with E-state index in [2.05, 4.69) is 33.6 Å². The maximum atomic E-state index is 13.0. The zero-order valence-corrected chi connectivity index (χ0v) is 20.9. The maximum absolute atomic E-state index is 13.0. The minimum absolute atomic E-state index is 0.0193. The van der Waals surface area contributed by atoms with Gasteiger partial charge in [-0.05, 0) is 38.6 Å². The van der Waals surface area contributed by atoms with Crippen LogP contribution in [0.1, 0.15) is 44.9 Å². The molecule has 0 aromatic rings. The zero-order valence-electron chi connectivity index (χ0n) is 20.0. The third-order valence-corrected chi connectivity index (χ3v) is 5.33. The number of unbranched alkanes of at least 4 members (excludes halogenated alkanes) is 1. The summed E-state index contributed by atoms with van der Waals surface area (Å²) in [6.07, 6.45) is 1.11. The molecule has 3 amide bonds. The van der Waals surface area contributed by atoms with Crippen LogP contribution in [0.4, 0.5) is 0 Å². The van der Waals surface area contributed by atoms with Gasteiger partial charge in [0.25, 0.3) is 0 Å². The van der Waals surface area contributed by atoms with Crippen molar-refractivity contribution in [3.05, 3.63) is 0 Å². The number of guanidine groups is 1. The van der Waals surface area contributed by atoms with Crippen molar-refractivity contribution >= 4 is 48.2 Å². The van der Waals surface area contributed by atoms with Crippen molar-refractivity contribution in [3.63, 3.8) is 0 Å². The highest BCUT2D eigenvalue weighted by Crippen LogP contribution is 2.06. The van der Waals surface area contributed by atoms with Gasteiger partial charge >= 0.3 is 11.9 Å². The van der Waals surface area contributed by atoms with Crippen molar-refractivity contribution in [1.82, 2.24) is 16.0 Å². The standard InChI is InChI=1S/C20H38N8O7S/c21-8-2-1-4-11(22)16(31)26-13(6-7-15(29)30)18(33)27-12(5-3-9-25-20(23)24)17(32)28-14(10-36)19(34)35/h11-14,36H,1-10,21-22H2,(H,26,31)(H,27,33)(H,28,32)(H,29,30)(H,34,35)(H4,23,24,25). The number of amides is 3. The van der Waals surface area contributed by atoms with E-state index in [1.807, 2.05) is 0 Å². The van der Waals surface area contributed by atoms with E-state index in [1.54, 1.807) is 0 Å². The fraction of sp³-hybridized carbons (Fsp3) is 0.700. The third kappa shape index (κ3) is 14.3. The number of hydrogen-bond acceptors (Lipinski definition) is 9. The largest absolute Gasteiger partial charge is 0.481 e. The van der Waals surface area contributed by atoms with E-state index in [0.717, 1.165) is 0 Å². The Hall–Kier alpha value is -3.11. The molecule has 0 aliphatic heterocycles. The smallest absolute Gasteiger partial charge is 0.327 e. The average Bonchev–Trinajstić information content (AvgIpc) is 2.80. The lowest BCUT2D eigenvalue weighted by atomic mass is 10.1. The molecule has 36 heavy (non-hydrogen) atoms. The first-order valence-electron chi connectivity index (χ1n) is 11.4. The van der Waals surface area contributed by atoms with Gasteiger partial charge in [-0.25, -0.2) is 4.79 Å². The maximum Gasteiger partial charge on any atom is 0.327 e. The highest BCUT2D eigenvalue weighted by molar-refractivity contribution is 7.80. The summed E-state index contributed by atoms with van der Waals surface area (Å²) in [6.45, 7) is 0.564. The van der Waals surface area contributed by atoms with Gasteiger partial charge in [0.05, 0.1) is 6.04 Å². The molecule has 0 saturated heterocycles. The number of carbonyl (C=O) groups excluding carboxylic acids is 3. The quantitative estimate of drug-likeness (QED) is 0.0341. The number of carbonyl (C=O) groups is 5. The monoisotopic (exact) mass is 534 g/mol. The van der Waals surface area contributed by atoms with Crippen LogP contribution < -0.4 is 38.9 Å². The van der Waals surface area contributed by atoms with Gasteiger partial charge in [-0.15, -0.1) is 0 Å². The molecule has 4 unspecified atom stereocenters. The summed E-state index contributed by atoms with van der Waals surface area (Å²) in [4.78, 5) is 64.3. The van der Waals surface area contributed by atoms with Gasteiger partial charge in [-0.1, -0.05) is 6.42 Å². The molecule has 16 heteroatoms. The SMILES string of the molecule is NCCCCC(N)C(=O)NC(CCC(=O)O)C(=O)NC(CCCN=C(N)N)C(=O)NC(CS)C(=O)O. The fourth-order valence-corrected chi connectivity index (χ4v) is 3.21. The van der Waals surface area contributed by atoms with E-state index in [9.17, 15) is 29.1 Å². The molecule has 4 atom stereocenters. The van der Waals surface area contributed by atoms with Crippen molar-refractivity contribution in [1.29, 1.82) is 0 Å². The number of carboxylic acids is 2. The molecule has 0 fully saturated rings. The second-order valence-electron chi connectivity index (χ2n) is 7.98. The zero-order chi connectivity index (χ0) is 27.7. The Balaban J connectivity index is 5.53. The summed E-state index contributed by atoms with van der Waals surface area (Å²) in [5.41, 5.74) is 21.8. The van der Waals surface area contributed by atoms with Crippen LogP contribution in [0.25, 0.3) is 0 Å². The van der Waals surface area contributed by atoms with Gasteiger partial charge in [0.15, 0.2) is 5.96 Å². The first kappa shape index (κ1) is 32.9. The summed E-state index contributed by atoms with van der Waals surface area (Å²) in [5.74, 6) is -5.18. The minimum Gasteiger partial charge on any atom is -0.481 e. The van der Waals surface area contributed by atoms with Crippen molar-refractivity contribution in [2.24, 2.45) is 27.9 Å². The van der Waals surface area contributed by atoms with Gasteiger partial charge < -0.3 is 49.1 Å². The molecule has 0 aromatic heterocycles. The first-order chi connectivity index (χ1) is 16.9. The molecule has 0 rings (SSSR count). The average molecular weight is 535 g/mol. The van der Waals surface area contributed by atoms with E-state index in [-0.39, 0.29) is 37.5 Å². The Morgan fingerprint density at radius 3 is 1.86 bits per heavy atom. The molecule has 0 spiro atoms. The van der Waals surface area contributed by atoms with Crippen LogP contribution >= 0.6 is 12.6 Å². The van der Waals surface area contributed by atoms with Gasteiger partial charge in [0.2, 0.25) is 17.7 Å². The van der Waals surface area contributed by atoms with Crippen LogP contribution in [-0.2, 0) is 24.0 Å². The third-order valence-electron chi connectivity index (χ3n) is 4.96. The van der Waals surface area contributed by atoms with Crippen molar-refractivity contribution in [2.45, 2.75) is 69.1 Å². The summed E-state index contributed by atoms with van der Waals surface area (Å²) in [6, 6.07) is -4.78. The number of nitrogens with one attached hydrogen (secondary N) is 3. The lowest BCUT2D eigenvalue weighted by molar-refractivity contribution is -0.141. The molecule has 0 radical (unpaired) electrons. The molecule has 13 N–H and O–H groups in total. The molecule has 0 bridgehead atoms. The minimum atomic E-state index is -1.32. The Labute approximate surface area is 214 Å². The van der Waals surface area contributed by atoms with E-state index in [4.69, 9.17) is 28.0 Å². The Bertz CT molecular complexity index is 779. The van der Waals surface area contributed by atoms with E-state index < -0.39 is 60.2 Å². The normalized spacial score (nSPS) is 14.0. The number of carboxylic acid groups (broad SMARTS) is 2. The molecule has 15 nitrogen and oxygen atoms in total. The van der Waals surface area contributed by atoms with Gasteiger partial charge in [0.1, 0.15) is 18.1 Å². The lowest BCUT2D eigenvalue weighted by Gasteiger charge is -2.25.